The van der Waals surface area contributed by atoms with Crippen LogP contribution in [0.4, 0.5) is 0 Å². The number of nitrogens with one attached hydrogen (secondary N) is 1. The van der Waals surface area contributed by atoms with Gasteiger partial charge in [0.25, 0.3) is 5.91 Å². The Bertz CT molecular complexity index is 567. The summed E-state index contributed by atoms with van der Waals surface area (Å²) in [6.07, 6.45) is 0. The predicted octanol–water partition coefficient (Wildman–Crippen LogP) is 2.62. The average molecular weight is 230 g/mol. The van der Waals surface area contributed by atoms with E-state index in [4.69, 9.17) is 0 Å². The van der Waals surface area contributed by atoms with Gasteiger partial charge in [0.15, 0.2) is 0 Å². The molecule has 2 aromatic rings. The predicted molar refractivity (Wildman–Crippen MR) is 70.3 cm³/mol. The van der Waals surface area contributed by atoms with Gasteiger partial charge in [-0.25, -0.2) is 0 Å². The molecule has 3 heteroatoms. The van der Waals surface area contributed by atoms with Crippen LogP contribution in [0.3, 0.4) is 0 Å². The van der Waals surface area contributed by atoms with Crippen LogP contribution in [0.5, 0.6) is 0 Å². The number of carbonyl (C=O) groups excluding carboxylic acids is 1. The molecule has 0 bridgehead atoms. The number of aromatic nitrogens is 1. The molecule has 0 saturated carbocycles. The summed E-state index contributed by atoms with van der Waals surface area (Å²) in [7, 11) is 1.94. The normalized spacial score (nSPS) is 11.1. The first-order valence-corrected chi connectivity index (χ1v) is 5.86. The van der Waals surface area contributed by atoms with E-state index in [1.54, 1.807) is 0 Å². The van der Waals surface area contributed by atoms with Crippen molar-refractivity contribution < 1.29 is 4.79 Å². The van der Waals surface area contributed by atoms with E-state index in [0.717, 1.165) is 10.9 Å². The Hall–Kier alpha value is -1.77. The fourth-order valence-corrected chi connectivity index (χ4v) is 2.17. The molecule has 1 aromatic heterocycles. The second-order valence-electron chi connectivity index (χ2n) is 4.73. The smallest absolute Gasteiger partial charge is 0.268 e. The van der Waals surface area contributed by atoms with Crippen molar-refractivity contribution in [1.29, 1.82) is 0 Å². The van der Waals surface area contributed by atoms with Gasteiger partial charge in [-0.15, -0.1) is 0 Å². The molecule has 1 aromatic carbocycles. The van der Waals surface area contributed by atoms with Gasteiger partial charge in [-0.1, -0.05) is 18.2 Å². The number of aryl methyl sites for hydroxylation is 2. The van der Waals surface area contributed by atoms with E-state index in [9.17, 15) is 4.79 Å². The van der Waals surface area contributed by atoms with Crippen LogP contribution in [0.1, 0.15) is 29.9 Å². The van der Waals surface area contributed by atoms with E-state index in [-0.39, 0.29) is 11.9 Å². The molecule has 1 heterocycles. The molecule has 0 aliphatic heterocycles. The third-order valence-electron chi connectivity index (χ3n) is 2.91. The molecule has 0 unspecified atom stereocenters. The number of carbonyl (C=O) groups is 1. The van der Waals surface area contributed by atoms with E-state index in [1.165, 1.54) is 5.56 Å². The number of benzene rings is 1. The van der Waals surface area contributed by atoms with Gasteiger partial charge in [0, 0.05) is 18.5 Å². The summed E-state index contributed by atoms with van der Waals surface area (Å²) in [4.78, 5) is 12.0. The van der Waals surface area contributed by atoms with Crippen molar-refractivity contribution in [1.82, 2.24) is 9.88 Å². The zero-order chi connectivity index (χ0) is 12.6. The van der Waals surface area contributed by atoms with Gasteiger partial charge in [0.05, 0.1) is 5.52 Å². The monoisotopic (exact) mass is 230 g/mol. The second-order valence-corrected chi connectivity index (χ2v) is 4.73. The third kappa shape index (κ3) is 2.05. The molecule has 0 fully saturated rings. The van der Waals surface area contributed by atoms with Crippen molar-refractivity contribution in [3.05, 3.63) is 35.5 Å². The first-order chi connectivity index (χ1) is 8.00. The quantitative estimate of drug-likeness (QED) is 0.845. The minimum atomic E-state index is -0.0156. The summed E-state index contributed by atoms with van der Waals surface area (Å²) in [5, 5.41) is 4.03. The molecule has 0 radical (unpaired) electrons. The Balaban J connectivity index is 2.53. The molecular weight excluding hydrogens is 212 g/mol. The Kier molecular flexibility index (Phi) is 2.92. The lowest BCUT2D eigenvalue weighted by Crippen LogP contribution is -2.31. The fourth-order valence-electron chi connectivity index (χ4n) is 2.17. The fraction of sp³-hybridized carbons (Fsp3) is 0.357. The molecule has 1 amide bonds. The van der Waals surface area contributed by atoms with E-state index >= 15 is 0 Å². The minimum Gasteiger partial charge on any atom is -0.349 e. The van der Waals surface area contributed by atoms with E-state index in [0.29, 0.717) is 5.69 Å². The molecule has 0 aliphatic carbocycles. The van der Waals surface area contributed by atoms with Crippen LogP contribution < -0.4 is 5.32 Å². The van der Waals surface area contributed by atoms with Crippen LogP contribution in [0, 0.1) is 6.92 Å². The van der Waals surface area contributed by atoms with Crippen LogP contribution >= 0.6 is 0 Å². The van der Waals surface area contributed by atoms with Crippen molar-refractivity contribution in [2.45, 2.75) is 26.8 Å². The summed E-state index contributed by atoms with van der Waals surface area (Å²) in [6, 6.07) is 8.21. The molecular formula is C14H18N2O. The molecule has 0 aliphatic rings. The molecule has 1 N–H and O–H groups in total. The SMILES string of the molecule is Cc1cccc2cc(C(=O)NC(C)C)n(C)c12. The average Bonchev–Trinajstić information content (AvgIpc) is 2.56. The summed E-state index contributed by atoms with van der Waals surface area (Å²) >= 11 is 0. The van der Waals surface area contributed by atoms with Crippen LogP contribution in [0.25, 0.3) is 10.9 Å². The lowest BCUT2D eigenvalue weighted by atomic mass is 10.2. The lowest BCUT2D eigenvalue weighted by molar-refractivity contribution is 0.0935. The molecule has 17 heavy (non-hydrogen) atoms. The zero-order valence-corrected chi connectivity index (χ0v) is 10.7. The number of hydrogen-bond acceptors (Lipinski definition) is 1. The van der Waals surface area contributed by atoms with E-state index < -0.39 is 0 Å². The summed E-state index contributed by atoms with van der Waals surface area (Å²) in [6.45, 7) is 5.99. The summed E-state index contributed by atoms with van der Waals surface area (Å²) in [5.41, 5.74) is 3.03. The number of hydrogen-bond donors (Lipinski definition) is 1. The number of para-hydroxylation sites is 1. The summed E-state index contributed by atoms with van der Waals surface area (Å²) < 4.78 is 1.96. The molecule has 0 spiro atoms. The second kappa shape index (κ2) is 4.24. The third-order valence-corrected chi connectivity index (χ3v) is 2.91. The maximum atomic E-state index is 12.0. The van der Waals surface area contributed by atoms with Crippen LogP contribution in [-0.2, 0) is 7.05 Å². The van der Waals surface area contributed by atoms with E-state index in [2.05, 4.69) is 18.3 Å². The van der Waals surface area contributed by atoms with Gasteiger partial charge in [0.1, 0.15) is 5.69 Å². The Morgan fingerprint density at radius 1 is 1.35 bits per heavy atom. The number of amides is 1. The lowest BCUT2D eigenvalue weighted by Gasteiger charge is -2.09. The van der Waals surface area contributed by atoms with Gasteiger partial charge >= 0.3 is 0 Å². The first kappa shape index (κ1) is 11.7. The number of nitrogens with zero attached hydrogens (tertiary/aromatic N) is 1. The maximum Gasteiger partial charge on any atom is 0.268 e. The van der Waals surface area contributed by atoms with Gasteiger partial charge < -0.3 is 9.88 Å². The Morgan fingerprint density at radius 3 is 2.65 bits per heavy atom. The highest BCUT2D eigenvalue weighted by atomic mass is 16.2. The van der Waals surface area contributed by atoms with Crippen LogP contribution in [0.15, 0.2) is 24.3 Å². The topological polar surface area (TPSA) is 34.0 Å². The van der Waals surface area contributed by atoms with Crippen molar-refractivity contribution in [3.8, 4) is 0 Å². The zero-order valence-electron chi connectivity index (χ0n) is 10.7. The number of fused-ring (bicyclic) bond motifs is 1. The minimum absolute atomic E-state index is 0.0156. The van der Waals surface area contributed by atoms with E-state index in [1.807, 2.05) is 43.7 Å². The standard InChI is InChI=1S/C14H18N2O/c1-9(2)15-14(17)12-8-11-7-5-6-10(3)13(11)16(12)4/h5-9H,1-4H3,(H,15,17). The highest BCUT2D eigenvalue weighted by molar-refractivity contribution is 5.99. The Labute approximate surface area is 101 Å². The first-order valence-electron chi connectivity index (χ1n) is 5.86. The highest BCUT2D eigenvalue weighted by Crippen LogP contribution is 2.21. The van der Waals surface area contributed by atoms with Crippen molar-refractivity contribution in [3.63, 3.8) is 0 Å². The van der Waals surface area contributed by atoms with Gasteiger partial charge in [-0.05, 0) is 32.4 Å². The number of rotatable bonds is 2. The van der Waals surface area contributed by atoms with Gasteiger partial charge in [-0.2, -0.15) is 0 Å². The maximum absolute atomic E-state index is 12.0. The van der Waals surface area contributed by atoms with Crippen molar-refractivity contribution >= 4 is 16.8 Å². The molecule has 0 saturated heterocycles. The van der Waals surface area contributed by atoms with Crippen molar-refractivity contribution in [2.75, 3.05) is 0 Å². The van der Waals surface area contributed by atoms with Crippen molar-refractivity contribution in [2.24, 2.45) is 7.05 Å². The molecule has 2 rings (SSSR count). The highest BCUT2D eigenvalue weighted by Gasteiger charge is 2.14. The molecule has 0 atom stereocenters. The van der Waals surface area contributed by atoms with Gasteiger partial charge in [0.2, 0.25) is 0 Å². The van der Waals surface area contributed by atoms with Crippen LogP contribution in [-0.4, -0.2) is 16.5 Å². The molecule has 3 nitrogen and oxygen atoms in total. The summed E-state index contributed by atoms with van der Waals surface area (Å²) in [5.74, 6) is -0.0156. The van der Waals surface area contributed by atoms with Crippen LogP contribution in [0.2, 0.25) is 0 Å². The Morgan fingerprint density at radius 2 is 2.06 bits per heavy atom. The van der Waals surface area contributed by atoms with Gasteiger partial charge in [-0.3, -0.25) is 4.79 Å². The largest absolute Gasteiger partial charge is 0.349 e. The molecule has 90 valence electrons.